The maximum Gasteiger partial charge on any atom is 0.276 e. The van der Waals surface area contributed by atoms with E-state index in [0.29, 0.717) is 37.8 Å². The standard InChI is InChI=1S/C21H26N2O5/c1-3-21(13-8-14-22(20(21)26)19(25)15-16(2)24)12-7-6-10-17-9-4-5-11-18(17)23(27)28/h4-6,9-11H,3,7-8,12-15H2,1-2H3/b10-6+. The molecule has 2 amide bonds. The quantitative estimate of drug-likeness (QED) is 0.383. The van der Waals surface area contributed by atoms with Crippen LogP contribution in [0.1, 0.15) is 57.9 Å². The minimum absolute atomic E-state index is 0.0405. The zero-order chi connectivity index (χ0) is 20.7. The van der Waals surface area contributed by atoms with Gasteiger partial charge >= 0.3 is 0 Å². The van der Waals surface area contributed by atoms with Gasteiger partial charge in [-0.25, -0.2) is 0 Å². The minimum atomic E-state index is -0.627. The fourth-order valence-corrected chi connectivity index (χ4v) is 3.72. The molecule has 28 heavy (non-hydrogen) atoms. The van der Waals surface area contributed by atoms with Gasteiger partial charge in [0.2, 0.25) is 11.8 Å². The molecular formula is C21H26N2O5. The summed E-state index contributed by atoms with van der Waals surface area (Å²) in [5.41, 5.74) is -0.0672. The Balaban J connectivity index is 2.08. The molecular weight excluding hydrogens is 360 g/mol. The van der Waals surface area contributed by atoms with Crippen LogP contribution in [0.5, 0.6) is 0 Å². The Morgan fingerprint density at radius 2 is 2.04 bits per heavy atom. The van der Waals surface area contributed by atoms with Crippen molar-refractivity contribution in [1.82, 2.24) is 4.90 Å². The smallest absolute Gasteiger partial charge is 0.276 e. The molecule has 1 heterocycles. The highest BCUT2D eigenvalue weighted by atomic mass is 16.6. The maximum atomic E-state index is 13.0. The molecule has 2 rings (SSSR count). The second kappa shape index (κ2) is 9.39. The molecule has 150 valence electrons. The van der Waals surface area contributed by atoms with Crippen molar-refractivity contribution in [2.75, 3.05) is 6.54 Å². The van der Waals surface area contributed by atoms with E-state index in [4.69, 9.17) is 0 Å². The van der Waals surface area contributed by atoms with Gasteiger partial charge in [0.15, 0.2) is 0 Å². The number of nitro groups is 1. The highest BCUT2D eigenvalue weighted by Crippen LogP contribution is 2.39. The highest BCUT2D eigenvalue weighted by molar-refractivity contribution is 6.05. The second-order valence-electron chi connectivity index (χ2n) is 7.22. The first-order chi connectivity index (χ1) is 13.3. The third-order valence-corrected chi connectivity index (χ3v) is 5.33. The molecule has 0 N–H and O–H groups in total. The lowest BCUT2D eigenvalue weighted by atomic mass is 9.73. The summed E-state index contributed by atoms with van der Waals surface area (Å²) in [6.45, 7) is 3.63. The van der Waals surface area contributed by atoms with Gasteiger partial charge < -0.3 is 0 Å². The van der Waals surface area contributed by atoms with E-state index in [1.165, 1.54) is 17.9 Å². The number of benzene rings is 1. The average molecular weight is 386 g/mol. The number of hydrogen-bond acceptors (Lipinski definition) is 5. The topological polar surface area (TPSA) is 97.6 Å². The number of Topliss-reactive ketones (excluding diaryl/α,β-unsaturated/α-hetero) is 1. The minimum Gasteiger partial charge on any atom is -0.299 e. The Bertz CT molecular complexity index is 802. The molecule has 0 spiro atoms. The average Bonchev–Trinajstić information content (AvgIpc) is 2.66. The SMILES string of the molecule is CCC1(CC/C=C/c2ccccc2[N+](=O)[O-])CCCN(C(=O)CC(C)=O)C1=O. The number of likely N-dealkylation sites (tertiary alicyclic amines) is 1. The van der Waals surface area contributed by atoms with E-state index in [9.17, 15) is 24.5 Å². The number of nitro benzene ring substituents is 1. The van der Waals surface area contributed by atoms with Crippen molar-refractivity contribution in [2.24, 2.45) is 5.41 Å². The summed E-state index contributed by atoms with van der Waals surface area (Å²) < 4.78 is 0. The van der Waals surface area contributed by atoms with Gasteiger partial charge in [0.1, 0.15) is 5.78 Å². The lowest BCUT2D eigenvalue weighted by Crippen LogP contribution is -2.51. The van der Waals surface area contributed by atoms with Crippen LogP contribution in [0.3, 0.4) is 0 Å². The van der Waals surface area contributed by atoms with E-state index in [-0.39, 0.29) is 23.8 Å². The van der Waals surface area contributed by atoms with Gasteiger partial charge in [-0.1, -0.05) is 31.2 Å². The van der Waals surface area contributed by atoms with Gasteiger partial charge in [0, 0.05) is 18.0 Å². The largest absolute Gasteiger partial charge is 0.299 e. The third kappa shape index (κ3) is 4.91. The van der Waals surface area contributed by atoms with Gasteiger partial charge in [-0.2, -0.15) is 0 Å². The number of amides is 2. The molecule has 1 saturated heterocycles. The highest BCUT2D eigenvalue weighted by Gasteiger charge is 2.43. The molecule has 0 radical (unpaired) electrons. The van der Waals surface area contributed by atoms with Gasteiger partial charge in [0.05, 0.1) is 16.9 Å². The van der Waals surface area contributed by atoms with Crippen LogP contribution in [-0.4, -0.2) is 34.0 Å². The number of piperidine rings is 1. The van der Waals surface area contributed by atoms with Crippen molar-refractivity contribution in [1.29, 1.82) is 0 Å². The van der Waals surface area contributed by atoms with Gasteiger partial charge in [0.25, 0.3) is 5.69 Å². The molecule has 7 nitrogen and oxygen atoms in total. The first kappa shape index (κ1) is 21.5. The van der Waals surface area contributed by atoms with Crippen molar-refractivity contribution < 1.29 is 19.3 Å². The fourth-order valence-electron chi connectivity index (χ4n) is 3.72. The van der Waals surface area contributed by atoms with Crippen LogP contribution < -0.4 is 0 Å². The van der Waals surface area contributed by atoms with E-state index < -0.39 is 16.2 Å². The summed E-state index contributed by atoms with van der Waals surface area (Å²) in [6, 6.07) is 6.49. The normalized spacial score (nSPS) is 19.8. The molecule has 0 saturated carbocycles. The van der Waals surface area contributed by atoms with Crippen LogP contribution in [0.15, 0.2) is 30.3 Å². The summed E-state index contributed by atoms with van der Waals surface area (Å²) in [5, 5.41) is 11.1. The van der Waals surface area contributed by atoms with Crippen LogP contribution >= 0.6 is 0 Å². The summed E-state index contributed by atoms with van der Waals surface area (Å²) in [4.78, 5) is 48.4. The zero-order valence-corrected chi connectivity index (χ0v) is 16.3. The van der Waals surface area contributed by atoms with E-state index >= 15 is 0 Å². The van der Waals surface area contributed by atoms with Crippen molar-refractivity contribution in [3.8, 4) is 0 Å². The molecule has 0 bridgehead atoms. The van der Waals surface area contributed by atoms with Crippen LogP contribution in [0.2, 0.25) is 0 Å². The predicted molar refractivity (Wildman–Crippen MR) is 105 cm³/mol. The monoisotopic (exact) mass is 386 g/mol. The third-order valence-electron chi connectivity index (χ3n) is 5.33. The van der Waals surface area contributed by atoms with Crippen molar-refractivity contribution in [3.63, 3.8) is 0 Å². The number of allylic oxidation sites excluding steroid dienone is 1. The molecule has 7 heteroatoms. The molecule has 1 aliphatic rings. The Hall–Kier alpha value is -2.83. The molecule has 1 fully saturated rings. The number of carbonyl (C=O) groups excluding carboxylic acids is 3. The Kier molecular flexibility index (Phi) is 7.20. The lowest BCUT2D eigenvalue weighted by Gasteiger charge is -2.40. The van der Waals surface area contributed by atoms with E-state index in [0.717, 1.165) is 6.42 Å². The number of rotatable bonds is 8. The fraction of sp³-hybridized carbons (Fsp3) is 0.476. The predicted octanol–water partition coefficient (Wildman–Crippen LogP) is 3.91. The Morgan fingerprint density at radius 1 is 1.32 bits per heavy atom. The molecule has 1 aromatic carbocycles. The molecule has 0 aromatic heterocycles. The summed E-state index contributed by atoms with van der Waals surface area (Å²) >= 11 is 0. The maximum absolute atomic E-state index is 13.0. The second-order valence-corrected chi connectivity index (χ2v) is 7.22. The van der Waals surface area contributed by atoms with E-state index in [1.54, 1.807) is 24.3 Å². The molecule has 1 aromatic rings. The van der Waals surface area contributed by atoms with Gasteiger partial charge in [-0.05, 0) is 45.1 Å². The zero-order valence-electron chi connectivity index (χ0n) is 16.3. The summed E-state index contributed by atoms with van der Waals surface area (Å²) in [6.07, 6.45) is 6.45. The summed E-state index contributed by atoms with van der Waals surface area (Å²) in [7, 11) is 0. The van der Waals surface area contributed by atoms with Crippen LogP contribution in [0.25, 0.3) is 6.08 Å². The van der Waals surface area contributed by atoms with E-state index in [2.05, 4.69) is 0 Å². The van der Waals surface area contributed by atoms with Gasteiger partial charge in [-0.15, -0.1) is 0 Å². The number of carbonyl (C=O) groups is 3. The van der Waals surface area contributed by atoms with Crippen molar-refractivity contribution in [2.45, 2.75) is 52.4 Å². The van der Waals surface area contributed by atoms with Crippen molar-refractivity contribution >= 4 is 29.4 Å². The molecule has 1 atom stereocenters. The summed E-state index contributed by atoms with van der Waals surface area (Å²) in [5.74, 6) is -0.880. The molecule has 1 aliphatic heterocycles. The first-order valence-electron chi connectivity index (χ1n) is 9.55. The number of imide groups is 1. The molecule has 1 unspecified atom stereocenters. The first-order valence-corrected chi connectivity index (χ1v) is 9.55. The number of para-hydroxylation sites is 1. The van der Waals surface area contributed by atoms with Crippen molar-refractivity contribution in [3.05, 3.63) is 46.0 Å². The number of ketones is 1. The van der Waals surface area contributed by atoms with Gasteiger partial charge in [-0.3, -0.25) is 29.4 Å². The Labute approximate surface area is 164 Å². The van der Waals surface area contributed by atoms with Crippen LogP contribution in [-0.2, 0) is 14.4 Å². The number of hydrogen-bond donors (Lipinski definition) is 0. The molecule has 0 aliphatic carbocycles. The van der Waals surface area contributed by atoms with E-state index in [1.807, 2.05) is 13.0 Å². The number of nitrogens with zero attached hydrogens (tertiary/aromatic N) is 2. The lowest BCUT2D eigenvalue weighted by molar-refractivity contribution is -0.385. The van der Waals surface area contributed by atoms with Crippen LogP contribution in [0.4, 0.5) is 5.69 Å². The Morgan fingerprint density at radius 3 is 2.68 bits per heavy atom. The van der Waals surface area contributed by atoms with Crippen LogP contribution in [0, 0.1) is 15.5 Å².